The lowest BCUT2D eigenvalue weighted by atomic mass is 10.00. The van der Waals surface area contributed by atoms with Crippen LogP contribution in [0, 0.1) is 5.82 Å². The number of anilines is 1. The summed E-state index contributed by atoms with van der Waals surface area (Å²) in [6, 6.07) is 25.1. The van der Waals surface area contributed by atoms with Crippen LogP contribution in [0.2, 0.25) is 0 Å². The zero-order valence-electron chi connectivity index (χ0n) is 19.8. The van der Waals surface area contributed by atoms with Crippen LogP contribution < -0.4 is 4.90 Å². The third-order valence-electron chi connectivity index (χ3n) is 6.92. The van der Waals surface area contributed by atoms with Crippen LogP contribution in [-0.2, 0) is 6.54 Å². The van der Waals surface area contributed by atoms with Gasteiger partial charge >= 0.3 is 0 Å². The lowest BCUT2D eigenvalue weighted by Gasteiger charge is -2.43. The minimum atomic E-state index is -0.229. The standard InChI is InChI=1S/C29H29FN4O/c1-22(23-11-13-26(30)14-12-23)34-21-31-17-27(34)18-32-15-16-33(28-10-6-5-9-25(28)20-35)29(19-32)24-7-3-2-4-8-24/h2-14,17,20-22,29H,15-16,18-19H2,1H3/t22-,29?/m1/s1. The summed E-state index contributed by atoms with van der Waals surface area (Å²) in [5.74, 6) is -0.229. The third kappa shape index (κ3) is 4.88. The molecule has 0 aliphatic carbocycles. The van der Waals surface area contributed by atoms with Gasteiger partial charge < -0.3 is 9.47 Å². The molecule has 1 unspecified atom stereocenters. The van der Waals surface area contributed by atoms with Crippen molar-refractivity contribution in [2.45, 2.75) is 25.6 Å². The Balaban J connectivity index is 1.39. The predicted octanol–water partition coefficient (Wildman–Crippen LogP) is 5.51. The Bertz CT molecular complexity index is 1270. The van der Waals surface area contributed by atoms with Crippen molar-refractivity contribution < 1.29 is 9.18 Å². The molecule has 1 aliphatic rings. The Labute approximate surface area is 205 Å². The Morgan fingerprint density at radius 1 is 1.00 bits per heavy atom. The van der Waals surface area contributed by atoms with E-state index in [9.17, 15) is 9.18 Å². The van der Waals surface area contributed by atoms with Crippen molar-refractivity contribution in [1.29, 1.82) is 0 Å². The molecule has 4 aromatic rings. The van der Waals surface area contributed by atoms with Gasteiger partial charge in [-0.1, -0.05) is 54.6 Å². The maximum atomic E-state index is 13.4. The second-order valence-electron chi connectivity index (χ2n) is 9.05. The van der Waals surface area contributed by atoms with Crippen LogP contribution in [-0.4, -0.2) is 40.4 Å². The van der Waals surface area contributed by atoms with E-state index in [0.29, 0.717) is 5.56 Å². The third-order valence-corrected chi connectivity index (χ3v) is 6.92. The molecule has 2 atom stereocenters. The molecule has 1 aliphatic heterocycles. The summed E-state index contributed by atoms with van der Waals surface area (Å²) in [6.45, 7) is 5.38. The topological polar surface area (TPSA) is 41.4 Å². The molecular weight excluding hydrogens is 439 g/mol. The summed E-state index contributed by atoms with van der Waals surface area (Å²) in [7, 11) is 0. The number of rotatable bonds is 7. The fourth-order valence-corrected chi connectivity index (χ4v) is 5.01. The minimum absolute atomic E-state index is 0.0544. The van der Waals surface area contributed by atoms with E-state index in [2.05, 4.69) is 50.5 Å². The van der Waals surface area contributed by atoms with E-state index in [4.69, 9.17) is 0 Å². The van der Waals surface area contributed by atoms with Crippen LogP contribution in [0.4, 0.5) is 10.1 Å². The van der Waals surface area contributed by atoms with Gasteiger partial charge in [0.15, 0.2) is 6.29 Å². The largest absolute Gasteiger partial charge is 0.361 e. The molecule has 0 spiro atoms. The highest BCUT2D eigenvalue weighted by atomic mass is 19.1. The van der Waals surface area contributed by atoms with Gasteiger partial charge in [0, 0.05) is 43.6 Å². The minimum Gasteiger partial charge on any atom is -0.361 e. The quantitative estimate of drug-likeness (QED) is 0.336. The van der Waals surface area contributed by atoms with E-state index < -0.39 is 0 Å². The van der Waals surface area contributed by atoms with Gasteiger partial charge in [-0.3, -0.25) is 9.69 Å². The number of para-hydroxylation sites is 1. The SMILES string of the molecule is C[C@H](c1ccc(F)cc1)n1cncc1CN1CCN(c2ccccc2C=O)C(c2ccccc2)C1. The van der Waals surface area contributed by atoms with Gasteiger partial charge in [-0.2, -0.15) is 0 Å². The highest BCUT2D eigenvalue weighted by molar-refractivity contribution is 5.84. The molecule has 6 heteroatoms. The van der Waals surface area contributed by atoms with Crippen molar-refractivity contribution in [2.24, 2.45) is 0 Å². The van der Waals surface area contributed by atoms with Crippen LogP contribution in [0.5, 0.6) is 0 Å². The maximum absolute atomic E-state index is 13.4. The lowest BCUT2D eigenvalue weighted by Crippen LogP contribution is -2.48. The van der Waals surface area contributed by atoms with E-state index in [1.165, 1.54) is 17.7 Å². The lowest BCUT2D eigenvalue weighted by molar-refractivity contribution is 0.112. The van der Waals surface area contributed by atoms with Gasteiger partial charge in [0.05, 0.1) is 24.1 Å². The number of nitrogens with zero attached hydrogens (tertiary/aromatic N) is 4. The summed E-state index contributed by atoms with van der Waals surface area (Å²) >= 11 is 0. The monoisotopic (exact) mass is 468 g/mol. The van der Waals surface area contributed by atoms with Gasteiger partial charge in [0.2, 0.25) is 0 Å². The molecule has 3 aromatic carbocycles. The summed E-state index contributed by atoms with van der Waals surface area (Å²) in [4.78, 5) is 21.0. The number of benzene rings is 3. The average molecular weight is 469 g/mol. The fourth-order valence-electron chi connectivity index (χ4n) is 5.01. The van der Waals surface area contributed by atoms with Gasteiger partial charge in [-0.05, 0) is 42.3 Å². The molecule has 2 heterocycles. The molecule has 5 rings (SSSR count). The molecule has 0 amide bonds. The van der Waals surface area contributed by atoms with Gasteiger partial charge in [0.25, 0.3) is 0 Å². The van der Waals surface area contributed by atoms with Crippen LogP contribution in [0.25, 0.3) is 0 Å². The van der Waals surface area contributed by atoms with Crippen LogP contribution >= 0.6 is 0 Å². The predicted molar refractivity (Wildman–Crippen MR) is 136 cm³/mol. The molecule has 178 valence electrons. The highest BCUT2D eigenvalue weighted by Gasteiger charge is 2.30. The highest BCUT2D eigenvalue weighted by Crippen LogP contribution is 2.33. The summed E-state index contributed by atoms with van der Waals surface area (Å²) in [6.07, 6.45) is 4.72. The first-order chi connectivity index (χ1) is 17.1. The molecule has 0 N–H and O–H groups in total. The fraction of sp³-hybridized carbons (Fsp3) is 0.241. The molecule has 0 bridgehead atoms. The van der Waals surface area contributed by atoms with Crippen molar-refractivity contribution in [3.8, 4) is 0 Å². The van der Waals surface area contributed by atoms with Crippen LogP contribution in [0.1, 0.15) is 46.2 Å². The zero-order chi connectivity index (χ0) is 24.2. The molecule has 0 saturated carbocycles. The van der Waals surface area contributed by atoms with Crippen LogP contribution in [0.3, 0.4) is 0 Å². The number of hydrogen-bond donors (Lipinski definition) is 0. The molecular formula is C29H29FN4O. The number of halogens is 1. The average Bonchev–Trinajstić information content (AvgIpc) is 3.37. The van der Waals surface area contributed by atoms with Crippen molar-refractivity contribution in [1.82, 2.24) is 14.5 Å². The molecule has 0 radical (unpaired) electrons. The van der Waals surface area contributed by atoms with Crippen molar-refractivity contribution >= 4 is 12.0 Å². The molecule has 1 saturated heterocycles. The van der Waals surface area contributed by atoms with E-state index in [0.717, 1.165) is 49.4 Å². The van der Waals surface area contributed by atoms with Crippen molar-refractivity contribution in [2.75, 3.05) is 24.5 Å². The van der Waals surface area contributed by atoms with E-state index in [1.54, 1.807) is 0 Å². The molecule has 1 aromatic heterocycles. The Morgan fingerprint density at radius 3 is 2.51 bits per heavy atom. The number of carbonyl (C=O) groups is 1. The number of hydrogen-bond acceptors (Lipinski definition) is 4. The summed E-state index contributed by atoms with van der Waals surface area (Å²) in [5, 5.41) is 0. The number of carbonyl (C=O) groups excluding carboxylic acids is 1. The number of aromatic nitrogens is 2. The molecule has 5 nitrogen and oxygen atoms in total. The Kier molecular flexibility index (Phi) is 6.73. The van der Waals surface area contributed by atoms with E-state index in [-0.39, 0.29) is 17.9 Å². The van der Waals surface area contributed by atoms with E-state index >= 15 is 0 Å². The van der Waals surface area contributed by atoms with Gasteiger partial charge in [-0.25, -0.2) is 9.37 Å². The Hall–Kier alpha value is -3.77. The zero-order valence-corrected chi connectivity index (χ0v) is 19.8. The van der Waals surface area contributed by atoms with Crippen molar-refractivity contribution in [3.05, 3.63) is 120 Å². The number of piperazine rings is 1. The number of aldehydes is 1. The summed E-state index contributed by atoms with van der Waals surface area (Å²) < 4.78 is 15.6. The van der Waals surface area contributed by atoms with Crippen molar-refractivity contribution in [3.63, 3.8) is 0 Å². The smallest absolute Gasteiger partial charge is 0.152 e. The summed E-state index contributed by atoms with van der Waals surface area (Å²) in [5.41, 5.74) is 5.09. The molecule has 1 fully saturated rings. The Morgan fingerprint density at radius 2 is 1.74 bits per heavy atom. The van der Waals surface area contributed by atoms with E-state index in [1.807, 2.05) is 55.0 Å². The second-order valence-corrected chi connectivity index (χ2v) is 9.05. The first-order valence-corrected chi connectivity index (χ1v) is 12.0. The van der Waals surface area contributed by atoms with Crippen LogP contribution in [0.15, 0.2) is 91.4 Å². The van der Waals surface area contributed by atoms with Gasteiger partial charge in [-0.15, -0.1) is 0 Å². The first kappa shape index (κ1) is 23.0. The number of imidazole rings is 1. The second kappa shape index (κ2) is 10.2. The maximum Gasteiger partial charge on any atom is 0.152 e. The molecule has 35 heavy (non-hydrogen) atoms. The first-order valence-electron chi connectivity index (χ1n) is 12.0. The van der Waals surface area contributed by atoms with Gasteiger partial charge in [0.1, 0.15) is 5.82 Å². The normalized spacial score (nSPS) is 17.3.